The molecule has 0 aliphatic carbocycles. The summed E-state index contributed by atoms with van der Waals surface area (Å²) >= 11 is 0. The van der Waals surface area contributed by atoms with E-state index in [1.807, 2.05) is 0 Å². The number of aromatic nitrogens is 5. The predicted molar refractivity (Wildman–Crippen MR) is 59.5 cm³/mol. The van der Waals surface area contributed by atoms with Gasteiger partial charge in [-0.2, -0.15) is 0 Å². The summed E-state index contributed by atoms with van der Waals surface area (Å²) in [5, 5.41) is 12.8. The van der Waals surface area contributed by atoms with Crippen molar-refractivity contribution in [2.75, 3.05) is 7.11 Å². The minimum Gasteiger partial charge on any atom is -0.478 e. The first-order valence-corrected chi connectivity index (χ1v) is 5.11. The Morgan fingerprint density at radius 1 is 1.42 bits per heavy atom. The van der Waals surface area contributed by atoms with E-state index in [1.165, 1.54) is 30.6 Å². The first-order valence-electron chi connectivity index (χ1n) is 5.11. The van der Waals surface area contributed by atoms with Crippen LogP contribution in [0.1, 0.15) is 26.7 Å². The van der Waals surface area contributed by atoms with E-state index in [1.54, 1.807) is 0 Å². The van der Waals surface area contributed by atoms with E-state index in [2.05, 4.69) is 24.8 Å². The summed E-state index contributed by atoms with van der Waals surface area (Å²) in [6, 6.07) is 0. The molecule has 19 heavy (non-hydrogen) atoms. The lowest BCUT2D eigenvalue weighted by molar-refractivity contribution is 0.0585. The monoisotopic (exact) mass is 263 g/mol. The Morgan fingerprint density at radius 3 is 2.89 bits per heavy atom. The molecule has 0 unspecified atom stereocenters. The third-order valence-corrected chi connectivity index (χ3v) is 2.24. The molecule has 9 heteroatoms. The fourth-order valence-corrected chi connectivity index (χ4v) is 1.37. The molecular formula is C10H9N5O4. The zero-order valence-corrected chi connectivity index (χ0v) is 9.85. The fraction of sp³-hybridized carbons (Fsp3) is 0.200. The molecule has 0 amide bonds. The molecule has 2 aromatic rings. The largest absolute Gasteiger partial charge is 0.478 e. The maximum atomic E-state index is 11.2. The second-order valence-corrected chi connectivity index (χ2v) is 3.45. The lowest BCUT2D eigenvalue weighted by atomic mass is 10.2. The van der Waals surface area contributed by atoms with Crippen molar-refractivity contribution in [3.63, 3.8) is 0 Å². The van der Waals surface area contributed by atoms with Gasteiger partial charge in [-0.05, 0) is 0 Å². The molecule has 0 saturated carbocycles. The number of carbonyl (C=O) groups is 2. The molecule has 1 N–H and O–H groups in total. The second kappa shape index (κ2) is 5.21. The summed E-state index contributed by atoms with van der Waals surface area (Å²) in [5.41, 5.74) is 0.237. The number of rotatable bonds is 4. The molecule has 2 aromatic heterocycles. The van der Waals surface area contributed by atoms with Crippen molar-refractivity contribution in [1.29, 1.82) is 0 Å². The minimum atomic E-state index is -1.14. The van der Waals surface area contributed by atoms with Crippen molar-refractivity contribution >= 4 is 11.9 Å². The van der Waals surface area contributed by atoms with E-state index in [0.717, 1.165) is 0 Å². The van der Waals surface area contributed by atoms with Crippen LogP contribution in [0, 0.1) is 0 Å². The number of ether oxygens (including phenoxy) is 1. The first kappa shape index (κ1) is 12.6. The maximum Gasteiger partial charge on any atom is 0.377 e. The van der Waals surface area contributed by atoms with E-state index >= 15 is 0 Å². The molecule has 0 spiro atoms. The van der Waals surface area contributed by atoms with Crippen LogP contribution in [0.3, 0.4) is 0 Å². The molecule has 0 saturated heterocycles. The zero-order chi connectivity index (χ0) is 13.8. The van der Waals surface area contributed by atoms with Crippen molar-refractivity contribution in [2.24, 2.45) is 0 Å². The van der Waals surface area contributed by atoms with E-state index in [9.17, 15) is 9.59 Å². The number of carboxylic acid groups (broad SMARTS) is 1. The molecule has 0 aliphatic heterocycles. The van der Waals surface area contributed by atoms with Gasteiger partial charge in [0.15, 0.2) is 0 Å². The van der Waals surface area contributed by atoms with Crippen molar-refractivity contribution in [3.05, 3.63) is 35.9 Å². The van der Waals surface area contributed by atoms with E-state index < -0.39 is 11.9 Å². The summed E-state index contributed by atoms with van der Waals surface area (Å²) in [7, 11) is 1.22. The Balaban J connectivity index is 2.24. The van der Waals surface area contributed by atoms with Crippen LogP contribution in [0.5, 0.6) is 0 Å². The van der Waals surface area contributed by atoms with Crippen LogP contribution in [-0.2, 0) is 11.3 Å². The van der Waals surface area contributed by atoms with Crippen LogP contribution in [0.2, 0.25) is 0 Å². The van der Waals surface area contributed by atoms with E-state index in [-0.39, 0.29) is 23.6 Å². The van der Waals surface area contributed by atoms with Crippen LogP contribution >= 0.6 is 0 Å². The van der Waals surface area contributed by atoms with Crippen molar-refractivity contribution in [2.45, 2.75) is 6.54 Å². The van der Waals surface area contributed by atoms with Gasteiger partial charge in [0, 0.05) is 6.20 Å². The van der Waals surface area contributed by atoms with Crippen LogP contribution in [0.25, 0.3) is 0 Å². The molecule has 0 atom stereocenters. The van der Waals surface area contributed by atoms with Crippen molar-refractivity contribution in [1.82, 2.24) is 24.7 Å². The number of carbonyl (C=O) groups excluding carboxylic acids is 1. The molecule has 0 aromatic carbocycles. The average molecular weight is 263 g/mol. The lowest BCUT2D eigenvalue weighted by Gasteiger charge is -2.03. The molecule has 98 valence electrons. The number of methoxy groups -OCH3 is 1. The molecule has 0 radical (unpaired) electrons. The maximum absolute atomic E-state index is 11.2. The highest BCUT2D eigenvalue weighted by Crippen LogP contribution is 2.05. The highest BCUT2D eigenvalue weighted by Gasteiger charge is 2.15. The number of hydrogen-bond donors (Lipinski definition) is 1. The van der Waals surface area contributed by atoms with Gasteiger partial charge in [0.25, 0.3) is 5.82 Å². The Kier molecular flexibility index (Phi) is 3.46. The number of nitrogens with zero attached hydrogens (tertiary/aromatic N) is 5. The van der Waals surface area contributed by atoms with Gasteiger partial charge in [0.2, 0.25) is 0 Å². The predicted octanol–water partition coefficient (Wildman–Crippen LogP) is -0.399. The second-order valence-electron chi connectivity index (χ2n) is 3.45. The standard InChI is InChI=1S/C10H9N5O4/c1-19-10(18)8-13-5-15(14-8)3-7-6(9(16)17)2-11-4-12-7/h2,4-5H,3H2,1H3,(H,16,17). The van der Waals surface area contributed by atoms with E-state index in [4.69, 9.17) is 5.11 Å². The highest BCUT2D eigenvalue weighted by atomic mass is 16.5. The topological polar surface area (TPSA) is 120 Å². The molecular weight excluding hydrogens is 254 g/mol. The molecule has 2 rings (SSSR count). The number of hydrogen-bond acceptors (Lipinski definition) is 7. The van der Waals surface area contributed by atoms with Crippen molar-refractivity contribution in [3.8, 4) is 0 Å². The van der Waals surface area contributed by atoms with Crippen molar-refractivity contribution < 1.29 is 19.4 Å². The quantitative estimate of drug-likeness (QED) is 0.740. The molecule has 2 heterocycles. The lowest BCUT2D eigenvalue weighted by Crippen LogP contribution is -2.11. The molecule has 0 fully saturated rings. The van der Waals surface area contributed by atoms with Gasteiger partial charge in [0.05, 0.1) is 19.3 Å². The van der Waals surface area contributed by atoms with Gasteiger partial charge < -0.3 is 9.84 Å². The van der Waals surface area contributed by atoms with Crippen LogP contribution in [-0.4, -0.2) is 48.9 Å². The van der Waals surface area contributed by atoms with Gasteiger partial charge in [0.1, 0.15) is 18.2 Å². The Morgan fingerprint density at radius 2 is 2.21 bits per heavy atom. The Labute approximate surface area is 106 Å². The van der Waals surface area contributed by atoms with E-state index in [0.29, 0.717) is 0 Å². The first-order chi connectivity index (χ1) is 9.11. The third-order valence-electron chi connectivity index (χ3n) is 2.24. The summed E-state index contributed by atoms with van der Waals surface area (Å²) in [6.07, 6.45) is 3.72. The minimum absolute atomic E-state index is 0.0300. The number of carboxylic acids is 1. The zero-order valence-electron chi connectivity index (χ0n) is 9.85. The summed E-state index contributed by atoms with van der Waals surface area (Å²) < 4.78 is 5.76. The SMILES string of the molecule is COC(=O)c1ncn(Cc2ncncc2C(=O)O)n1. The summed E-state index contributed by atoms with van der Waals surface area (Å²) in [6.45, 7) is 0.0636. The summed E-state index contributed by atoms with van der Waals surface area (Å²) in [5.74, 6) is -1.91. The third kappa shape index (κ3) is 2.70. The van der Waals surface area contributed by atoms with Gasteiger partial charge in [-0.1, -0.05) is 0 Å². The number of esters is 1. The Hall–Kier alpha value is -2.84. The van der Waals surface area contributed by atoms with Crippen LogP contribution < -0.4 is 0 Å². The van der Waals surface area contributed by atoms with Crippen LogP contribution in [0.4, 0.5) is 0 Å². The highest BCUT2D eigenvalue weighted by molar-refractivity contribution is 5.88. The van der Waals surface area contributed by atoms with Gasteiger partial charge >= 0.3 is 11.9 Å². The van der Waals surface area contributed by atoms with Gasteiger partial charge in [-0.15, -0.1) is 5.10 Å². The Bertz CT molecular complexity index is 624. The van der Waals surface area contributed by atoms with Gasteiger partial charge in [-0.3, -0.25) is 0 Å². The van der Waals surface area contributed by atoms with Crippen LogP contribution in [0.15, 0.2) is 18.9 Å². The molecule has 0 bridgehead atoms. The molecule has 0 aliphatic rings. The fourth-order valence-electron chi connectivity index (χ4n) is 1.37. The summed E-state index contributed by atoms with van der Waals surface area (Å²) in [4.78, 5) is 33.4. The smallest absolute Gasteiger partial charge is 0.377 e. The normalized spacial score (nSPS) is 10.2. The number of aromatic carboxylic acids is 1. The average Bonchev–Trinajstić information content (AvgIpc) is 2.86. The molecule has 9 nitrogen and oxygen atoms in total. The van der Waals surface area contributed by atoms with Gasteiger partial charge in [-0.25, -0.2) is 29.2 Å².